The van der Waals surface area contributed by atoms with E-state index < -0.39 is 20.7 Å². The molecule has 0 aliphatic heterocycles. The molecule has 1 heterocycles. The van der Waals surface area contributed by atoms with Crippen LogP contribution in [0.1, 0.15) is 11.6 Å². The van der Waals surface area contributed by atoms with E-state index in [1.54, 1.807) is 6.92 Å². The van der Waals surface area contributed by atoms with Crippen molar-refractivity contribution >= 4 is 21.6 Å². The quantitative estimate of drug-likeness (QED) is 0.931. The maximum Gasteiger partial charge on any atom is 0.246 e. The summed E-state index contributed by atoms with van der Waals surface area (Å²) in [6.45, 7) is 1.63. The lowest BCUT2D eigenvalue weighted by Crippen LogP contribution is -2.27. The van der Waals surface area contributed by atoms with Crippen LogP contribution >= 0.6 is 11.6 Å². The van der Waals surface area contributed by atoms with Crippen LogP contribution in [0.25, 0.3) is 0 Å². The van der Waals surface area contributed by atoms with Crippen molar-refractivity contribution in [2.24, 2.45) is 0 Å². The maximum absolute atomic E-state index is 13.8. The van der Waals surface area contributed by atoms with Crippen LogP contribution < -0.4 is 0 Å². The molecule has 0 unspecified atom stereocenters. The normalized spacial score (nSPS) is 12.1. The van der Waals surface area contributed by atoms with Gasteiger partial charge in [-0.25, -0.2) is 17.8 Å². The Balaban J connectivity index is 2.32. The summed E-state index contributed by atoms with van der Waals surface area (Å²) >= 11 is 5.60. The number of nitrogens with one attached hydrogen (secondary N) is 1. The molecule has 1 aromatic carbocycles. The highest BCUT2D eigenvalue weighted by Crippen LogP contribution is 2.24. The van der Waals surface area contributed by atoms with Gasteiger partial charge in [-0.15, -0.1) is 0 Å². The van der Waals surface area contributed by atoms with Gasteiger partial charge in [0, 0.05) is 7.05 Å². The van der Waals surface area contributed by atoms with Gasteiger partial charge in [0.2, 0.25) is 10.0 Å². The molecule has 9 heteroatoms. The molecule has 2 aromatic rings. The second-order valence-electron chi connectivity index (χ2n) is 4.15. The van der Waals surface area contributed by atoms with Gasteiger partial charge < -0.3 is 0 Å². The zero-order valence-corrected chi connectivity index (χ0v) is 12.3. The third-order valence-electron chi connectivity index (χ3n) is 2.61. The van der Waals surface area contributed by atoms with E-state index in [0.29, 0.717) is 11.6 Å². The summed E-state index contributed by atoms with van der Waals surface area (Å²) in [6.07, 6.45) is 0. The van der Waals surface area contributed by atoms with Crippen molar-refractivity contribution < 1.29 is 12.8 Å². The summed E-state index contributed by atoms with van der Waals surface area (Å²) in [7, 11) is -2.68. The summed E-state index contributed by atoms with van der Waals surface area (Å²) in [5.41, 5.74) is 0. The third kappa shape index (κ3) is 2.82. The smallest absolute Gasteiger partial charge is 0.246 e. The Morgan fingerprint density at radius 2 is 2.15 bits per heavy atom. The van der Waals surface area contributed by atoms with E-state index >= 15 is 0 Å². The van der Waals surface area contributed by atoms with Gasteiger partial charge in [0.15, 0.2) is 11.6 Å². The van der Waals surface area contributed by atoms with Crippen LogP contribution in [0, 0.1) is 12.7 Å². The monoisotopic (exact) mass is 318 g/mol. The predicted molar refractivity (Wildman–Crippen MR) is 71.2 cm³/mol. The van der Waals surface area contributed by atoms with Crippen LogP contribution in [0.3, 0.4) is 0 Å². The Labute approximate surface area is 120 Å². The average molecular weight is 319 g/mol. The van der Waals surface area contributed by atoms with Crippen LogP contribution in [-0.2, 0) is 16.6 Å². The van der Waals surface area contributed by atoms with Crippen molar-refractivity contribution in [1.82, 2.24) is 19.5 Å². The fraction of sp³-hybridized carbons (Fsp3) is 0.273. The molecule has 0 saturated carbocycles. The number of nitrogens with zero attached hydrogens (tertiary/aromatic N) is 3. The molecule has 20 heavy (non-hydrogen) atoms. The molecule has 1 aromatic heterocycles. The van der Waals surface area contributed by atoms with E-state index in [9.17, 15) is 12.8 Å². The number of benzene rings is 1. The maximum atomic E-state index is 13.8. The highest BCUT2D eigenvalue weighted by Gasteiger charge is 2.26. The summed E-state index contributed by atoms with van der Waals surface area (Å²) in [5, 5.41) is 6.21. The van der Waals surface area contributed by atoms with Crippen LogP contribution in [0.15, 0.2) is 23.1 Å². The molecule has 1 N–H and O–H groups in total. The molecule has 0 aliphatic rings. The van der Waals surface area contributed by atoms with E-state index in [1.807, 2.05) is 0 Å². The second-order valence-corrected chi connectivity index (χ2v) is 6.57. The van der Waals surface area contributed by atoms with Gasteiger partial charge in [0.1, 0.15) is 10.7 Å². The molecule has 0 saturated heterocycles. The summed E-state index contributed by atoms with van der Waals surface area (Å²) in [4.78, 5) is 3.53. The number of hydrogen-bond acceptors (Lipinski definition) is 4. The predicted octanol–water partition coefficient (Wildman–Crippen LogP) is 1.73. The summed E-state index contributed by atoms with van der Waals surface area (Å²) < 4.78 is 39.3. The fourth-order valence-electron chi connectivity index (χ4n) is 1.59. The fourth-order valence-corrected chi connectivity index (χ4v) is 3.03. The summed E-state index contributed by atoms with van der Waals surface area (Å²) in [5.74, 6) is -0.0945. The minimum Gasteiger partial charge on any atom is -0.263 e. The largest absolute Gasteiger partial charge is 0.263 e. The standard InChI is InChI=1S/C11H12ClFN4O2S/c1-7-14-10(16-15-7)6-17(2)20(18,19)9-5-3-4-8(12)11(9)13/h3-5H,6H2,1-2H3,(H,14,15,16). The van der Waals surface area contributed by atoms with Gasteiger partial charge in [-0.05, 0) is 19.1 Å². The number of aromatic nitrogens is 3. The molecular formula is C11H12ClFN4O2S. The number of hydrogen-bond donors (Lipinski definition) is 1. The molecule has 0 fully saturated rings. The molecule has 108 valence electrons. The van der Waals surface area contributed by atoms with Gasteiger partial charge in [-0.2, -0.15) is 9.40 Å². The van der Waals surface area contributed by atoms with E-state index in [0.717, 1.165) is 10.4 Å². The molecule has 0 aliphatic carbocycles. The van der Waals surface area contributed by atoms with Crippen molar-refractivity contribution in [2.75, 3.05) is 7.05 Å². The molecule has 0 bridgehead atoms. The molecule has 0 atom stereocenters. The highest BCUT2D eigenvalue weighted by molar-refractivity contribution is 7.89. The first-order chi connectivity index (χ1) is 9.32. The van der Waals surface area contributed by atoms with E-state index in [2.05, 4.69) is 15.2 Å². The Bertz CT molecular complexity index is 732. The van der Waals surface area contributed by atoms with E-state index in [4.69, 9.17) is 11.6 Å². The minimum atomic E-state index is -4.00. The van der Waals surface area contributed by atoms with Gasteiger partial charge in [0.05, 0.1) is 11.6 Å². The molecule has 0 radical (unpaired) electrons. The molecule has 0 spiro atoms. The Hall–Kier alpha value is -1.51. The van der Waals surface area contributed by atoms with Gasteiger partial charge >= 0.3 is 0 Å². The first-order valence-electron chi connectivity index (χ1n) is 5.60. The Kier molecular flexibility index (Phi) is 4.07. The zero-order valence-electron chi connectivity index (χ0n) is 10.8. The SMILES string of the molecule is Cc1nc(CN(C)S(=O)(=O)c2cccc(Cl)c2F)n[nH]1. The first kappa shape index (κ1) is 14.9. The number of sulfonamides is 1. The van der Waals surface area contributed by atoms with Gasteiger partial charge in [-0.1, -0.05) is 17.7 Å². The number of halogens is 2. The van der Waals surface area contributed by atoms with Crippen LogP contribution in [0.2, 0.25) is 5.02 Å². The lowest BCUT2D eigenvalue weighted by Gasteiger charge is -2.16. The van der Waals surface area contributed by atoms with Crippen molar-refractivity contribution in [2.45, 2.75) is 18.4 Å². The number of rotatable bonds is 4. The van der Waals surface area contributed by atoms with Gasteiger partial charge in [0.25, 0.3) is 0 Å². The topological polar surface area (TPSA) is 79.0 Å². The Morgan fingerprint density at radius 3 is 2.75 bits per heavy atom. The zero-order chi connectivity index (χ0) is 14.9. The molecular weight excluding hydrogens is 307 g/mol. The number of aryl methyl sites for hydroxylation is 1. The lowest BCUT2D eigenvalue weighted by molar-refractivity contribution is 0.451. The first-order valence-corrected chi connectivity index (χ1v) is 7.42. The van der Waals surface area contributed by atoms with Crippen molar-refractivity contribution in [1.29, 1.82) is 0 Å². The highest BCUT2D eigenvalue weighted by atomic mass is 35.5. The minimum absolute atomic E-state index is 0.0708. The molecule has 6 nitrogen and oxygen atoms in total. The third-order valence-corrected chi connectivity index (χ3v) is 4.72. The van der Waals surface area contributed by atoms with E-state index in [-0.39, 0.29) is 11.6 Å². The average Bonchev–Trinajstić information content (AvgIpc) is 2.78. The van der Waals surface area contributed by atoms with Crippen molar-refractivity contribution in [3.8, 4) is 0 Å². The molecule has 2 rings (SSSR count). The lowest BCUT2D eigenvalue weighted by atomic mass is 10.3. The van der Waals surface area contributed by atoms with Crippen LogP contribution in [-0.4, -0.2) is 35.0 Å². The van der Waals surface area contributed by atoms with Crippen molar-refractivity contribution in [3.63, 3.8) is 0 Å². The number of aromatic amines is 1. The number of H-pyrrole nitrogens is 1. The second kappa shape index (κ2) is 5.47. The summed E-state index contributed by atoms with van der Waals surface area (Å²) in [6, 6.07) is 3.83. The van der Waals surface area contributed by atoms with Crippen LogP contribution in [0.5, 0.6) is 0 Å². The Morgan fingerprint density at radius 1 is 1.45 bits per heavy atom. The molecule has 0 amide bonds. The van der Waals surface area contributed by atoms with E-state index in [1.165, 1.54) is 19.2 Å². The van der Waals surface area contributed by atoms with Crippen molar-refractivity contribution in [3.05, 3.63) is 40.7 Å². The van der Waals surface area contributed by atoms with Gasteiger partial charge in [-0.3, -0.25) is 5.10 Å². The van der Waals surface area contributed by atoms with Crippen LogP contribution in [0.4, 0.5) is 4.39 Å².